The standard InChI is InChI=1S/C13H18BrN/c1-12(2)7-13(8-12,9-15)10-3-5-11(14)6-4-10/h3-6H,7-9,15H2,1-2H3. The lowest BCUT2D eigenvalue weighted by Gasteiger charge is -2.53. The molecular weight excluding hydrogens is 250 g/mol. The van der Waals surface area contributed by atoms with E-state index in [1.807, 2.05) is 0 Å². The van der Waals surface area contributed by atoms with Gasteiger partial charge >= 0.3 is 0 Å². The van der Waals surface area contributed by atoms with E-state index in [-0.39, 0.29) is 5.41 Å². The van der Waals surface area contributed by atoms with Crippen molar-refractivity contribution in [1.82, 2.24) is 0 Å². The summed E-state index contributed by atoms with van der Waals surface area (Å²) in [4.78, 5) is 0. The normalized spacial score (nSPS) is 22.1. The minimum Gasteiger partial charge on any atom is -0.330 e. The van der Waals surface area contributed by atoms with Gasteiger partial charge in [0.15, 0.2) is 0 Å². The van der Waals surface area contributed by atoms with E-state index in [0.29, 0.717) is 5.41 Å². The Morgan fingerprint density at radius 1 is 1.20 bits per heavy atom. The van der Waals surface area contributed by atoms with Crippen LogP contribution in [-0.4, -0.2) is 6.54 Å². The molecule has 1 aliphatic rings. The molecule has 15 heavy (non-hydrogen) atoms. The van der Waals surface area contributed by atoms with Gasteiger partial charge in [0.1, 0.15) is 0 Å². The molecule has 0 saturated heterocycles. The Bertz CT molecular complexity index is 345. The molecule has 0 heterocycles. The maximum Gasteiger partial charge on any atom is 0.0175 e. The average Bonchev–Trinajstić information content (AvgIpc) is 2.14. The smallest absolute Gasteiger partial charge is 0.0175 e. The van der Waals surface area contributed by atoms with Crippen LogP contribution in [0.1, 0.15) is 32.3 Å². The average molecular weight is 268 g/mol. The quantitative estimate of drug-likeness (QED) is 0.873. The van der Waals surface area contributed by atoms with Crippen molar-refractivity contribution in [1.29, 1.82) is 0 Å². The number of nitrogens with two attached hydrogens (primary N) is 1. The second kappa shape index (κ2) is 3.60. The molecule has 0 radical (unpaired) electrons. The summed E-state index contributed by atoms with van der Waals surface area (Å²) in [5.41, 5.74) is 8.05. The minimum absolute atomic E-state index is 0.240. The molecule has 0 aliphatic heterocycles. The lowest BCUT2D eigenvalue weighted by atomic mass is 9.52. The van der Waals surface area contributed by atoms with Gasteiger partial charge in [-0.3, -0.25) is 0 Å². The SMILES string of the molecule is CC1(C)CC(CN)(c2ccc(Br)cc2)C1. The summed E-state index contributed by atoms with van der Waals surface area (Å²) in [6.45, 7) is 5.40. The Morgan fingerprint density at radius 3 is 2.13 bits per heavy atom. The van der Waals surface area contributed by atoms with Crippen molar-refractivity contribution >= 4 is 15.9 Å². The molecule has 1 aliphatic carbocycles. The summed E-state index contributed by atoms with van der Waals surface area (Å²) in [5, 5.41) is 0. The Kier molecular flexibility index (Phi) is 2.68. The Labute approximate surface area is 100 Å². The zero-order valence-electron chi connectivity index (χ0n) is 9.39. The van der Waals surface area contributed by atoms with Gasteiger partial charge < -0.3 is 5.73 Å². The fourth-order valence-electron chi connectivity index (χ4n) is 3.05. The molecule has 1 aromatic carbocycles. The monoisotopic (exact) mass is 267 g/mol. The lowest BCUT2D eigenvalue weighted by molar-refractivity contribution is 0.0634. The van der Waals surface area contributed by atoms with Gasteiger partial charge in [0.05, 0.1) is 0 Å². The van der Waals surface area contributed by atoms with E-state index in [4.69, 9.17) is 5.73 Å². The first kappa shape index (κ1) is 11.2. The van der Waals surface area contributed by atoms with Gasteiger partial charge in [0.25, 0.3) is 0 Å². The molecule has 0 atom stereocenters. The molecule has 1 fully saturated rings. The molecule has 0 aromatic heterocycles. The molecular formula is C13H18BrN. The Morgan fingerprint density at radius 2 is 1.73 bits per heavy atom. The summed E-state index contributed by atoms with van der Waals surface area (Å²) >= 11 is 3.47. The van der Waals surface area contributed by atoms with Crippen molar-refractivity contribution in [3.8, 4) is 0 Å². The first-order chi connectivity index (χ1) is 6.97. The van der Waals surface area contributed by atoms with Crippen LogP contribution in [0, 0.1) is 5.41 Å². The van der Waals surface area contributed by atoms with Crippen LogP contribution in [0.3, 0.4) is 0 Å². The van der Waals surface area contributed by atoms with Crippen LogP contribution < -0.4 is 5.73 Å². The molecule has 0 amide bonds. The predicted octanol–water partition coefficient (Wildman–Crippen LogP) is 3.47. The highest BCUT2D eigenvalue weighted by atomic mass is 79.9. The number of halogens is 1. The molecule has 0 spiro atoms. The van der Waals surface area contributed by atoms with Crippen LogP contribution in [0.5, 0.6) is 0 Å². The van der Waals surface area contributed by atoms with Crippen molar-refractivity contribution in [2.45, 2.75) is 32.1 Å². The number of hydrogen-bond acceptors (Lipinski definition) is 1. The molecule has 1 nitrogen and oxygen atoms in total. The van der Waals surface area contributed by atoms with Crippen LogP contribution in [0.4, 0.5) is 0 Å². The van der Waals surface area contributed by atoms with Crippen LogP contribution in [0.2, 0.25) is 0 Å². The van der Waals surface area contributed by atoms with E-state index in [1.165, 1.54) is 18.4 Å². The minimum atomic E-state index is 0.240. The maximum atomic E-state index is 5.95. The van der Waals surface area contributed by atoms with Crippen LogP contribution in [0.15, 0.2) is 28.7 Å². The van der Waals surface area contributed by atoms with E-state index in [9.17, 15) is 0 Å². The van der Waals surface area contributed by atoms with Gasteiger partial charge in [-0.05, 0) is 36.0 Å². The van der Waals surface area contributed by atoms with Crippen molar-refractivity contribution in [3.05, 3.63) is 34.3 Å². The van der Waals surface area contributed by atoms with Crippen LogP contribution in [0.25, 0.3) is 0 Å². The molecule has 82 valence electrons. The third kappa shape index (κ3) is 1.98. The van der Waals surface area contributed by atoms with Gasteiger partial charge in [-0.15, -0.1) is 0 Å². The maximum absolute atomic E-state index is 5.95. The van der Waals surface area contributed by atoms with Crippen molar-refractivity contribution < 1.29 is 0 Å². The molecule has 2 N–H and O–H groups in total. The fourth-order valence-corrected chi connectivity index (χ4v) is 3.31. The third-order valence-corrected chi connectivity index (χ3v) is 4.01. The summed E-state index contributed by atoms with van der Waals surface area (Å²) in [7, 11) is 0. The molecule has 2 rings (SSSR count). The fraction of sp³-hybridized carbons (Fsp3) is 0.538. The summed E-state index contributed by atoms with van der Waals surface area (Å²) in [5.74, 6) is 0. The largest absolute Gasteiger partial charge is 0.330 e. The van der Waals surface area contributed by atoms with E-state index < -0.39 is 0 Å². The van der Waals surface area contributed by atoms with Gasteiger partial charge in [-0.25, -0.2) is 0 Å². The van der Waals surface area contributed by atoms with Gasteiger partial charge in [0, 0.05) is 16.4 Å². The number of benzene rings is 1. The van der Waals surface area contributed by atoms with E-state index in [2.05, 4.69) is 54.0 Å². The van der Waals surface area contributed by atoms with E-state index in [1.54, 1.807) is 0 Å². The molecule has 0 bridgehead atoms. The van der Waals surface area contributed by atoms with E-state index >= 15 is 0 Å². The zero-order chi connectivity index (χ0) is 11.1. The highest BCUT2D eigenvalue weighted by molar-refractivity contribution is 9.10. The highest BCUT2D eigenvalue weighted by Crippen LogP contribution is 2.54. The first-order valence-electron chi connectivity index (χ1n) is 5.44. The molecule has 1 saturated carbocycles. The second-order valence-electron chi connectivity index (χ2n) is 5.51. The summed E-state index contributed by atoms with van der Waals surface area (Å²) < 4.78 is 1.14. The second-order valence-corrected chi connectivity index (χ2v) is 6.42. The van der Waals surface area contributed by atoms with Gasteiger partial charge in [-0.2, -0.15) is 0 Å². The van der Waals surface area contributed by atoms with Crippen molar-refractivity contribution in [2.24, 2.45) is 11.1 Å². The van der Waals surface area contributed by atoms with Crippen molar-refractivity contribution in [2.75, 3.05) is 6.54 Å². The molecule has 1 aromatic rings. The van der Waals surface area contributed by atoms with Crippen molar-refractivity contribution in [3.63, 3.8) is 0 Å². The van der Waals surface area contributed by atoms with Crippen LogP contribution in [-0.2, 0) is 5.41 Å². The summed E-state index contributed by atoms with van der Waals surface area (Å²) in [6.07, 6.45) is 2.41. The lowest BCUT2D eigenvalue weighted by Crippen LogP contribution is -2.51. The predicted molar refractivity (Wildman–Crippen MR) is 67.9 cm³/mol. The first-order valence-corrected chi connectivity index (χ1v) is 6.23. The van der Waals surface area contributed by atoms with Gasteiger partial charge in [-0.1, -0.05) is 41.9 Å². The summed E-state index contributed by atoms with van der Waals surface area (Å²) in [6, 6.07) is 8.62. The molecule has 2 heteroatoms. The third-order valence-electron chi connectivity index (χ3n) is 3.48. The Hall–Kier alpha value is -0.340. The van der Waals surface area contributed by atoms with Gasteiger partial charge in [0.2, 0.25) is 0 Å². The zero-order valence-corrected chi connectivity index (χ0v) is 11.0. The van der Waals surface area contributed by atoms with Crippen LogP contribution >= 0.6 is 15.9 Å². The Balaban J connectivity index is 2.25. The highest BCUT2D eigenvalue weighted by Gasteiger charge is 2.48. The number of rotatable bonds is 2. The number of hydrogen-bond donors (Lipinski definition) is 1. The van der Waals surface area contributed by atoms with E-state index in [0.717, 1.165) is 11.0 Å². The molecule has 0 unspecified atom stereocenters. The topological polar surface area (TPSA) is 26.0 Å².